The molecule has 8 nitrogen and oxygen atoms in total. The molecule has 0 radical (unpaired) electrons. The van der Waals surface area contributed by atoms with Crippen LogP contribution >= 0.6 is 11.6 Å². The van der Waals surface area contributed by atoms with Gasteiger partial charge >= 0.3 is 6.09 Å². The van der Waals surface area contributed by atoms with E-state index in [1.165, 1.54) is 0 Å². The normalized spacial score (nSPS) is 23.9. The Bertz CT molecular complexity index is 1140. The summed E-state index contributed by atoms with van der Waals surface area (Å²) in [5, 5.41) is 4.46. The van der Waals surface area contributed by atoms with Crippen molar-refractivity contribution in [2.24, 2.45) is 0 Å². The van der Waals surface area contributed by atoms with Crippen LogP contribution in [-0.2, 0) is 4.74 Å². The van der Waals surface area contributed by atoms with Crippen molar-refractivity contribution in [3.05, 3.63) is 35.5 Å². The van der Waals surface area contributed by atoms with Crippen LogP contribution in [0.5, 0.6) is 0 Å². The third-order valence-corrected chi connectivity index (χ3v) is 5.97. The van der Waals surface area contributed by atoms with Gasteiger partial charge in [0, 0.05) is 42.9 Å². The number of aromatic nitrogens is 4. The van der Waals surface area contributed by atoms with E-state index < -0.39 is 11.4 Å². The van der Waals surface area contributed by atoms with Crippen LogP contribution in [0.4, 0.5) is 15.0 Å². The molecule has 3 aromatic rings. The molecule has 2 aliphatic rings. The van der Waals surface area contributed by atoms with Gasteiger partial charge in [-0.05, 0) is 25.3 Å². The number of hydrogen-bond donors (Lipinski definition) is 2. The highest BCUT2D eigenvalue weighted by atomic mass is 35.5. The average molecular weight is 431 g/mol. The number of ether oxygens (including phenoxy) is 1. The number of aromatic amines is 1. The van der Waals surface area contributed by atoms with E-state index in [0.29, 0.717) is 35.0 Å². The maximum atomic E-state index is 14.5. The molecular weight excluding hydrogens is 411 g/mol. The monoisotopic (exact) mass is 430 g/mol. The van der Waals surface area contributed by atoms with Gasteiger partial charge in [-0.1, -0.05) is 11.6 Å². The number of rotatable bonds is 3. The summed E-state index contributed by atoms with van der Waals surface area (Å²) in [5.74, 6) is -0.0364. The number of nitrogens with one attached hydrogen (secondary N) is 2. The minimum absolute atomic E-state index is 0.0608. The number of fused-ring (bicyclic) bond motifs is 1. The SMILES string of the molecule is CN1C[C@]2(CCCC(Nc3nc(-c4c[nH]c5ncc(Cl)cc45)ncc3F)C2)OC1=O. The number of carbonyl (C=O) groups excluding carboxylic acids is 1. The molecule has 1 aliphatic heterocycles. The Kier molecular flexibility index (Phi) is 4.50. The molecule has 2 atom stereocenters. The van der Waals surface area contributed by atoms with Gasteiger partial charge in [-0.25, -0.2) is 24.1 Å². The predicted molar refractivity (Wildman–Crippen MR) is 110 cm³/mol. The Morgan fingerprint density at radius 1 is 1.40 bits per heavy atom. The first kappa shape index (κ1) is 19.0. The lowest BCUT2D eigenvalue weighted by Crippen LogP contribution is -2.43. The number of likely N-dealkylation sites (N-methyl/N-ethyl adjacent to an activating group) is 1. The van der Waals surface area contributed by atoms with Gasteiger partial charge in [-0.2, -0.15) is 0 Å². The predicted octanol–water partition coefficient (Wildman–Crippen LogP) is 3.99. The van der Waals surface area contributed by atoms with Gasteiger partial charge in [-0.15, -0.1) is 0 Å². The molecule has 0 aromatic carbocycles. The highest BCUT2D eigenvalue weighted by Crippen LogP contribution is 2.38. The number of pyridine rings is 1. The molecule has 2 fully saturated rings. The van der Waals surface area contributed by atoms with Crippen LogP contribution in [0.15, 0.2) is 24.7 Å². The van der Waals surface area contributed by atoms with E-state index in [1.807, 2.05) is 0 Å². The first-order chi connectivity index (χ1) is 14.4. The first-order valence-corrected chi connectivity index (χ1v) is 10.2. The fourth-order valence-electron chi connectivity index (χ4n) is 4.43. The lowest BCUT2D eigenvalue weighted by Gasteiger charge is -2.36. The molecule has 1 unspecified atom stereocenters. The van der Waals surface area contributed by atoms with Crippen LogP contribution in [-0.4, -0.2) is 56.2 Å². The molecule has 10 heteroatoms. The summed E-state index contributed by atoms with van der Waals surface area (Å²) < 4.78 is 20.2. The van der Waals surface area contributed by atoms with Gasteiger partial charge in [0.15, 0.2) is 17.5 Å². The van der Waals surface area contributed by atoms with E-state index in [1.54, 1.807) is 30.4 Å². The van der Waals surface area contributed by atoms with Crippen LogP contribution in [0.1, 0.15) is 25.7 Å². The first-order valence-electron chi connectivity index (χ1n) is 9.79. The molecule has 0 bridgehead atoms. The number of hydrogen-bond acceptors (Lipinski definition) is 6. The van der Waals surface area contributed by atoms with Gasteiger partial charge in [0.25, 0.3) is 0 Å². The molecule has 2 N–H and O–H groups in total. The summed E-state index contributed by atoms with van der Waals surface area (Å²) in [4.78, 5) is 29.3. The topological polar surface area (TPSA) is 96.0 Å². The third-order valence-electron chi connectivity index (χ3n) is 5.77. The van der Waals surface area contributed by atoms with Crippen LogP contribution in [0.3, 0.4) is 0 Å². The highest BCUT2D eigenvalue weighted by molar-refractivity contribution is 6.31. The molecule has 1 saturated carbocycles. The summed E-state index contributed by atoms with van der Waals surface area (Å²) in [7, 11) is 1.73. The van der Waals surface area contributed by atoms with E-state index >= 15 is 0 Å². The molecule has 1 aliphatic carbocycles. The maximum absolute atomic E-state index is 14.5. The standard InChI is InChI=1S/C20H20ClFN6O2/c1-28-10-20(30-19(28)29)4-2-3-12(6-20)26-18-15(22)9-25-17(27-18)14-8-24-16-13(14)5-11(21)7-23-16/h5,7-9,12H,2-4,6,10H2,1H3,(H,23,24)(H,25,26,27)/t12?,20-/m1/s1. The Balaban J connectivity index is 1.41. The molecule has 156 valence electrons. The summed E-state index contributed by atoms with van der Waals surface area (Å²) >= 11 is 6.07. The van der Waals surface area contributed by atoms with Crippen molar-refractivity contribution < 1.29 is 13.9 Å². The second kappa shape index (κ2) is 7.09. The van der Waals surface area contributed by atoms with Gasteiger partial charge < -0.3 is 19.9 Å². The number of H-pyrrole nitrogens is 1. The number of amides is 1. The fourth-order valence-corrected chi connectivity index (χ4v) is 4.59. The summed E-state index contributed by atoms with van der Waals surface area (Å²) in [6, 6.07) is 1.71. The Morgan fingerprint density at radius 3 is 3.07 bits per heavy atom. The van der Waals surface area contributed by atoms with Crippen molar-refractivity contribution >= 4 is 34.5 Å². The lowest BCUT2D eigenvalue weighted by molar-refractivity contribution is 0.0222. The summed E-state index contributed by atoms with van der Waals surface area (Å²) in [5.41, 5.74) is 0.820. The zero-order valence-corrected chi connectivity index (χ0v) is 17.0. The largest absolute Gasteiger partial charge is 0.441 e. The molecule has 1 spiro atoms. The number of nitrogens with zero attached hydrogens (tertiary/aromatic N) is 4. The average Bonchev–Trinajstić information content (AvgIpc) is 3.24. The van der Waals surface area contributed by atoms with E-state index in [2.05, 4.69) is 25.3 Å². The van der Waals surface area contributed by atoms with Crippen molar-refractivity contribution in [2.75, 3.05) is 18.9 Å². The van der Waals surface area contributed by atoms with E-state index in [9.17, 15) is 9.18 Å². The van der Waals surface area contributed by atoms with Crippen molar-refractivity contribution in [2.45, 2.75) is 37.3 Å². The Labute approximate surface area is 176 Å². The number of anilines is 1. The van der Waals surface area contributed by atoms with Crippen molar-refractivity contribution in [1.82, 2.24) is 24.8 Å². The second-order valence-corrected chi connectivity index (χ2v) is 8.42. The van der Waals surface area contributed by atoms with Crippen molar-refractivity contribution in [3.8, 4) is 11.4 Å². The summed E-state index contributed by atoms with van der Waals surface area (Å²) in [6.45, 7) is 0.546. The quantitative estimate of drug-likeness (QED) is 0.652. The number of carbonyl (C=O) groups is 1. The maximum Gasteiger partial charge on any atom is 0.410 e. The zero-order chi connectivity index (χ0) is 20.9. The molecular formula is C20H20ClFN6O2. The van der Waals surface area contributed by atoms with Gasteiger partial charge in [0.05, 0.1) is 17.8 Å². The molecule has 1 saturated heterocycles. The van der Waals surface area contributed by atoms with Crippen LogP contribution in [0.2, 0.25) is 5.02 Å². The smallest absolute Gasteiger partial charge is 0.410 e. The number of halogens is 2. The third kappa shape index (κ3) is 3.32. The van der Waals surface area contributed by atoms with Crippen LogP contribution < -0.4 is 5.32 Å². The Morgan fingerprint density at radius 2 is 2.27 bits per heavy atom. The van der Waals surface area contributed by atoms with Crippen LogP contribution in [0.25, 0.3) is 22.4 Å². The van der Waals surface area contributed by atoms with E-state index in [0.717, 1.165) is 30.8 Å². The fraction of sp³-hybridized carbons (Fsp3) is 0.400. The Hall–Kier alpha value is -2.94. The lowest BCUT2D eigenvalue weighted by atomic mass is 9.81. The van der Waals surface area contributed by atoms with E-state index in [4.69, 9.17) is 16.3 Å². The highest BCUT2D eigenvalue weighted by Gasteiger charge is 2.46. The molecule has 5 rings (SSSR count). The molecule has 3 aromatic heterocycles. The second-order valence-electron chi connectivity index (χ2n) is 7.99. The molecule has 4 heterocycles. The summed E-state index contributed by atoms with van der Waals surface area (Å²) in [6.07, 6.45) is 7.26. The molecule has 30 heavy (non-hydrogen) atoms. The minimum atomic E-state index is -0.532. The van der Waals surface area contributed by atoms with Gasteiger partial charge in [0.2, 0.25) is 0 Å². The van der Waals surface area contributed by atoms with Gasteiger partial charge in [0.1, 0.15) is 11.2 Å². The van der Waals surface area contributed by atoms with Crippen molar-refractivity contribution in [3.63, 3.8) is 0 Å². The van der Waals surface area contributed by atoms with Crippen LogP contribution in [0, 0.1) is 5.82 Å². The minimum Gasteiger partial charge on any atom is -0.441 e. The zero-order valence-electron chi connectivity index (χ0n) is 16.3. The van der Waals surface area contributed by atoms with Crippen molar-refractivity contribution in [1.29, 1.82) is 0 Å². The van der Waals surface area contributed by atoms with Gasteiger partial charge in [-0.3, -0.25) is 0 Å². The molecule has 1 amide bonds. The van der Waals surface area contributed by atoms with E-state index in [-0.39, 0.29) is 18.0 Å².